The smallest absolute Gasteiger partial charge is 0.266 e. The van der Waals surface area contributed by atoms with E-state index in [-0.39, 0.29) is 25.4 Å². The van der Waals surface area contributed by atoms with E-state index in [1.807, 2.05) is 0 Å². The molecule has 1 aromatic rings. The Balaban J connectivity index is 1.56. The van der Waals surface area contributed by atoms with Crippen LogP contribution in [0.4, 0.5) is 4.39 Å². The van der Waals surface area contributed by atoms with Gasteiger partial charge in [0.15, 0.2) is 11.4 Å². The summed E-state index contributed by atoms with van der Waals surface area (Å²) in [5, 5.41) is 12.6. The topological polar surface area (TPSA) is 89.5 Å². The van der Waals surface area contributed by atoms with E-state index >= 15 is 0 Å². The molecule has 2 heterocycles. The number of rotatable bonds is 5. The first-order chi connectivity index (χ1) is 14.3. The molecule has 4 atom stereocenters. The number of aliphatic hydroxyl groups excluding tert-OH is 1. The van der Waals surface area contributed by atoms with Crippen LogP contribution in [0, 0.1) is 5.82 Å². The van der Waals surface area contributed by atoms with Crippen molar-refractivity contribution in [1.82, 2.24) is 10.4 Å². The van der Waals surface area contributed by atoms with Crippen molar-refractivity contribution in [2.45, 2.75) is 63.0 Å². The largest absolute Gasteiger partial charge is 0.390 e. The maximum Gasteiger partial charge on any atom is 0.266 e. The lowest BCUT2D eigenvalue weighted by atomic mass is 9.79. The Morgan fingerprint density at radius 2 is 2.00 bits per heavy atom. The van der Waals surface area contributed by atoms with Gasteiger partial charge in [0.25, 0.3) is 5.91 Å². The van der Waals surface area contributed by atoms with Crippen LogP contribution in [0.5, 0.6) is 0 Å². The van der Waals surface area contributed by atoms with Crippen molar-refractivity contribution in [2.75, 3.05) is 26.3 Å². The Bertz CT molecular complexity index is 772. The average molecular weight is 424 g/mol. The summed E-state index contributed by atoms with van der Waals surface area (Å²) < 4.78 is 37.3. The number of benzene rings is 1. The molecule has 9 heteroatoms. The molecule has 0 aromatic heterocycles. The number of nitrogens with one attached hydrogen (secondary N) is 1. The van der Waals surface area contributed by atoms with Gasteiger partial charge in [0.1, 0.15) is 11.9 Å². The summed E-state index contributed by atoms with van der Waals surface area (Å²) in [6.45, 7) is 5.58. The van der Waals surface area contributed by atoms with Gasteiger partial charge in [0.05, 0.1) is 32.0 Å². The summed E-state index contributed by atoms with van der Waals surface area (Å²) in [6, 6.07) is 6.27. The van der Waals surface area contributed by atoms with Crippen molar-refractivity contribution < 1.29 is 33.2 Å². The summed E-state index contributed by atoms with van der Waals surface area (Å²) in [5.41, 5.74) is 1.85. The minimum Gasteiger partial charge on any atom is -0.390 e. The Morgan fingerprint density at radius 1 is 1.27 bits per heavy atom. The van der Waals surface area contributed by atoms with Gasteiger partial charge in [-0.15, -0.1) is 0 Å². The van der Waals surface area contributed by atoms with Crippen LogP contribution in [0.15, 0.2) is 24.3 Å². The monoisotopic (exact) mass is 424 g/mol. The number of carbonyl (C=O) groups is 1. The summed E-state index contributed by atoms with van der Waals surface area (Å²) >= 11 is 0. The number of hydrazine groups is 1. The zero-order valence-corrected chi connectivity index (χ0v) is 17.3. The molecule has 1 aromatic carbocycles. The lowest BCUT2D eigenvalue weighted by molar-refractivity contribution is -0.180. The number of amides is 1. The summed E-state index contributed by atoms with van der Waals surface area (Å²) in [6.07, 6.45) is -1.79. The van der Waals surface area contributed by atoms with Gasteiger partial charge in [0, 0.05) is 31.5 Å². The minimum absolute atomic E-state index is 0.0260. The molecular weight excluding hydrogens is 395 g/mol. The van der Waals surface area contributed by atoms with Crippen LogP contribution in [0.2, 0.25) is 0 Å². The molecule has 2 aliphatic heterocycles. The SMILES string of the molecule is CC1(C)O[C@H]2[C@H](O)C[C@](OCc3ccccc3F)(C(=O)NN3CCOCC3)C[C@H]2O1. The second-order valence-corrected chi connectivity index (χ2v) is 8.53. The highest BCUT2D eigenvalue weighted by Crippen LogP contribution is 2.43. The van der Waals surface area contributed by atoms with Crippen molar-refractivity contribution in [3.8, 4) is 0 Å². The fourth-order valence-corrected chi connectivity index (χ4v) is 4.33. The van der Waals surface area contributed by atoms with Gasteiger partial charge in [0.2, 0.25) is 0 Å². The van der Waals surface area contributed by atoms with Gasteiger partial charge in [-0.25, -0.2) is 9.40 Å². The van der Waals surface area contributed by atoms with Crippen LogP contribution >= 0.6 is 0 Å². The second-order valence-electron chi connectivity index (χ2n) is 8.53. The molecule has 8 nitrogen and oxygen atoms in total. The van der Waals surface area contributed by atoms with Crippen molar-refractivity contribution >= 4 is 5.91 Å². The van der Waals surface area contributed by atoms with Gasteiger partial charge in [-0.3, -0.25) is 10.2 Å². The molecule has 1 saturated carbocycles. The number of hydrogen-bond acceptors (Lipinski definition) is 7. The number of hydrogen-bond donors (Lipinski definition) is 2. The Morgan fingerprint density at radius 3 is 2.73 bits per heavy atom. The van der Waals surface area contributed by atoms with E-state index in [1.54, 1.807) is 37.1 Å². The van der Waals surface area contributed by atoms with Crippen molar-refractivity contribution in [3.63, 3.8) is 0 Å². The number of morpholine rings is 1. The van der Waals surface area contributed by atoms with E-state index in [0.717, 1.165) is 0 Å². The normalized spacial score (nSPS) is 33.8. The molecule has 4 rings (SSSR count). The molecular formula is C21H29FN2O6. The van der Waals surface area contributed by atoms with E-state index in [2.05, 4.69) is 5.43 Å². The molecule has 166 valence electrons. The van der Waals surface area contributed by atoms with Crippen LogP contribution in [-0.4, -0.2) is 72.0 Å². The predicted octanol–water partition coefficient (Wildman–Crippen LogP) is 1.12. The standard InChI is InChI=1S/C21H29FN2O6/c1-20(2)29-17-12-21(11-16(25)18(17)30-20,19(26)23-24-7-9-27-10-8-24)28-13-14-5-3-4-6-15(14)22/h3-6,16-18,25H,7-13H2,1-2H3,(H,23,26)/t16-,17-,18+,21-/m1/s1. The van der Waals surface area contributed by atoms with Crippen molar-refractivity contribution in [2.24, 2.45) is 0 Å². The molecule has 3 aliphatic rings. The average Bonchev–Trinajstić information content (AvgIpc) is 3.02. The summed E-state index contributed by atoms with van der Waals surface area (Å²) in [7, 11) is 0. The molecule has 2 saturated heterocycles. The highest BCUT2D eigenvalue weighted by molar-refractivity contribution is 5.85. The first-order valence-corrected chi connectivity index (χ1v) is 10.3. The Hall–Kier alpha value is -1.62. The number of ether oxygens (including phenoxy) is 4. The zero-order valence-electron chi connectivity index (χ0n) is 17.3. The fourth-order valence-electron chi connectivity index (χ4n) is 4.33. The molecule has 0 spiro atoms. The van der Waals surface area contributed by atoms with Gasteiger partial charge in [-0.2, -0.15) is 0 Å². The first kappa shape index (κ1) is 21.6. The highest BCUT2D eigenvalue weighted by Gasteiger charge is 2.57. The van der Waals surface area contributed by atoms with E-state index < -0.39 is 35.5 Å². The third-order valence-electron chi connectivity index (χ3n) is 5.82. The quantitative estimate of drug-likeness (QED) is 0.732. The number of fused-ring (bicyclic) bond motifs is 1. The minimum atomic E-state index is -1.38. The van der Waals surface area contributed by atoms with Crippen LogP contribution in [0.3, 0.4) is 0 Å². The number of halogens is 1. The van der Waals surface area contributed by atoms with Crippen LogP contribution in [0.1, 0.15) is 32.3 Å². The molecule has 3 fully saturated rings. The molecule has 0 radical (unpaired) electrons. The van der Waals surface area contributed by atoms with Crippen molar-refractivity contribution in [1.29, 1.82) is 0 Å². The lowest BCUT2D eigenvalue weighted by Crippen LogP contribution is -2.62. The summed E-state index contributed by atoms with van der Waals surface area (Å²) in [5.74, 6) is -1.65. The Kier molecular flexibility index (Phi) is 6.11. The van der Waals surface area contributed by atoms with Crippen molar-refractivity contribution in [3.05, 3.63) is 35.6 Å². The number of carbonyl (C=O) groups excluding carboxylic acids is 1. The molecule has 1 amide bonds. The maximum atomic E-state index is 14.1. The second kappa shape index (κ2) is 8.49. The number of aliphatic hydroxyl groups is 1. The molecule has 2 N–H and O–H groups in total. The Labute approximate surface area is 175 Å². The van der Waals surface area contributed by atoms with Gasteiger partial charge in [-0.05, 0) is 19.9 Å². The van der Waals surface area contributed by atoms with Gasteiger partial charge in [-0.1, -0.05) is 18.2 Å². The molecule has 30 heavy (non-hydrogen) atoms. The van der Waals surface area contributed by atoms with E-state index in [4.69, 9.17) is 18.9 Å². The highest BCUT2D eigenvalue weighted by atomic mass is 19.1. The van der Waals surface area contributed by atoms with Gasteiger partial charge < -0.3 is 24.1 Å². The first-order valence-electron chi connectivity index (χ1n) is 10.3. The van der Waals surface area contributed by atoms with Crippen LogP contribution in [0.25, 0.3) is 0 Å². The van der Waals surface area contributed by atoms with Gasteiger partial charge >= 0.3 is 0 Å². The van der Waals surface area contributed by atoms with Crippen LogP contribution < -0.4 is 5.43 Å². The van der Waals surface area contributed by atoms with Crippen LogP contribution in [-0.2, 0) is 30.3 Å². The lowest BCUT2D eigenvalue weighted by Gasteiger charge is -2.43. The fraction of sp³-hybridized carbons (Fsp3) is 0.667. The zero-order chi connectivity index (χ0) is 21.4. The summed E-state index contributed by atoms with van der Waals surface area (Å²) in [4.78, 5) is 13.4. The third kappa shape index (κ3) is 4.51. The molecule has 0 unspecified atom stereocenters. The van der Waals surface area contributed by atoms with E-state index in [0.29, 0.717) is 31.9 Å². The molecule has 1 aliphatic carbocycles. The van der Waals surface area contributed by atoms with E-state index in [1.165, 1.54) is 6.07 Å². The van der Waals surface area contributed by atoms with E-state index in [9.17, 15) is 14.3 Å². The predicted molar refractivity (Wildman–Crippen MR) is 104 cm³/mol. The maximum absolute atomic E-state index is 14.1. The third-order valence-corrected chi connectivity index (χ3v) is 5.82. The molecule has 0 bridgehead atoms. The number of nitrogens with zero attached hydrogens (tertiary/aromatic N) is 1.